The zero-order valence-corrected chi connectivity index (χ0v) is 11.6. The van der Waals surface area contributed by atoms with Crippen molar-refractivity contribution in [3.63, 3.8) is 0 Å². The SMILES string of the molecule is O=C(c1ccc(O)c(Cl)c1)N1CCCc2ccccc21. The molecule has 1 N–H and O–H groups in total. The van der Waals surface area contributed by atoms with Gasteiger partial charge in [-0.15, -0.1) is 0 Å². The number of aromatic hydroxyl groups is 1. The molecule has 2 aromatic rings. The molecule has 0 aliphatic carbocycles. The highest BCUT2D eigenvalue weighted by atomic mass is 35.5. The number of hydrogen-bond donors (Lipinski definition) is 1. The van der Waals surface area contributed by atoms with Gasteiger partial charge < -0.3 is 10.0 Å². The van der Waals surface area contributed by atoms with Gasteiger partial charge in [0.1, 0.15) is 5.75 Å². The Balaban J connectivity index is 1.97. The summed E-state index contributed by atoms with van der Waals surface area (Å²) in [6.45, 7) is 0.703. The Morgan fingerprint density at radius 3 is 2.80 bits per heavy atom. The predicted octanol–water partition coefficient (Wildman–Crippen LogP) is 3.64. The summed E-state index contributed by atoms with van der Waals surface area (Å²) < 4.78 is 0. The predicted molar refractivity (Wildman–Crippen MR) is 79.6 cm³/mol. The first-order chi connectivity index (χ1) is 9.66. The Morgan fingerprint density at radius 1 is 1.20 bits per heavy atom. The number of aryl methyl sites for hydroxylation is 1. The molecule has 1 amide bonds. The molecule has 0 fully saturated rings. The van der Waals surface area contributed by atoms with Gasteiger partial charge in [-0.1, -0.05) is 29.8 Å². The molecule has 1 aliphatic heterocycles. The van der Waals surface area contributed by atoms with Crippen molar-refractivity contribution in [1.82, 2.24) is 0 Å². The first kappa shape index (κ1) is 13.0. The molecule has 0 saturated heterocycles. The lowest BCUT2D eigenvalue weighted by atomic mass is 10.0. The van der Waals surface area contributed by atoms with Gasteiger partial charge in [-0.05, 0) is 42.7 Å². The number of rotatable bonds is 1. The number of carbonyl (C=O) groups is 1. The van der Waals surface area contributed by atoms with Crippen molar-refractivity contribution in [2.75, 3.05) is 11.4 Å². The van der Waals surface area contributed by atoms with Crippen molar-refractivity contribution in [3.05, 3.63) is 58.6 Å². The van der Waals surface area contributed by atoms with E-state index in [1.54, 1.807) is 11.0 Å². The molecular weight excluding hydrogens is 274 g/mol. The quantitative estimate of drug-likeness (QED) is 0.870. The third-order valence-electron chi connectivity index (χ3n) is 3.55. The zero-order chi connectivity index (χ0) is 14.1. The molecule has 102 valence electrons. The third-order valence-corrected chi connectivity index (χ3v) is 3.85. The minimum Gasteiger partial charge on any atom is -0.506 e. The maximum absolute atomic E-state index is 12.6. The summed E-state index contributed by atoms with van der Waals surface area (Å²) in [6, 6.07) is 12.5. The lowest BCUT2D eigenvalue weighted by Gasteiger charge is -2.29. The molecule has 0 radical (unpaired) electrons. The number of para-hydroxylation sites is 1. The smallest absolute Gasteiger partial charge is 0.258 e. The molecular formula is C16H14ClNO2. The molecule has 1 aliphatic rings. The van der Waals surface area contributed by atoms with Crippen LogP contribution in [-0.4, -0.2) is 17.6 Å². The lowest BCUT2D eigenvalue weighted by Crippen LogP contribution is -2.35. The number of amides is 1. The molecule has 2 aromatic carbocycles. The number of halogens is 1. The van der Waals surface area contributed by atoms with Gasteiger partial charge in [0.2, 0.25) is 0 Å². The highest BCUT2D eigenvalue weighted by Crippen LogP contribution is 2.30. The number of hydrogen-bond acceptors (Lipinski definition) is 2. The second-order valence-electron chi connectivity index (χ2n) is 4.86. The van der Waals surface area contributed by atoms with Gasteiger partial charge in [-0.2, -0.15) is 0 Å². The van der Waals surface area contributed by atoms with Crippen LogP contribution in [0.25, 0.3) is 0 Å². The van der Waals surface area contributed by atoms with Crippen LogP contribution in [0.2, 0.25) is 5.02 Å². The fourth-order valence-electron chi connectivity index (χ4n) is 2.54. The maximum Gasteiger partial charge on any atom is 0.258 e. The van der Waals surface area contributed by atoms with E-state index in [1.165, 1.54) is 17.7 Å². The molecule has 20 heavy (non-hydrogen) atoms. The van der Waals surface area contributed by atoms with Crippen LogP contribution in [0.15, 0.2) is 42.5 Å². The highest BCUT2D eigenvalue weighted by Gasteiger charge is 2.23. The Kier molecular flexibility index (Phi) is 3.36. The number of anilines is 1. The Morgan fingerprint density at radius 2 is 2.00 bits per heavy atom. The molecule has 3 nitrogen and oxygen atoms in total. The van der Waals surface area contributed by atoms with E-state index >= 15 is 0 Å². The van der Waals surface area contributed by atoms with Crippen LogP contribution in [0.1, 0.15) is 22.3 Å². The van der Waals surface area contributed by atoms with Crippen LogP contribution >= 0.6 is 11.6 Å². The van der Waals surface area contributed by atoms with Gasteiger partial charge in [-0.3, -0.25) is 4.79 Å². The highest BCUT2D eigenvalue weighted by molar-refractivity contribution is 6.32. The van der Waals surface area contributed by atoms with E-state index in [0.29, 0.717) is 12.1 Å². The van der Waals surface area contributed by atoms with Crippen molar-refractivity contribution in [3.8, 4) is 5.75 Å². The van der Waals surface area contributed by atoms with E-state index in [1.807, 2.05) is 18.2 Å². The molecule has 0 bridgehead atoms. The van der Waals surface area contributed by atoms with E-state index in [4.69, 9.17) is 11.6 Å². The molecule has 3 rings (SSSR count). The van der Waals surface area contributed by atoms with Crippen LogP contribution < -0.4 is 4.90 Å². The number of phenolic OH excluding ortho intramolecular Hbond substituents is 1. The van der Waals surface area contributed by atoms with Crippen molar-refractivity contribution < 1.29 is 9.90 Å². The van der Waals surface area contributed by atoms with Crippen LogP contribution in [0.5, 0.6) is 5.75 Å². The van der Waals surface area contributed by atoms with Gasteiger partial charge in [0.05, 0.1) is 5.02 Å². The number of benzene rings is 2. The van der Waals surface area contributed by atoms with Crippen molar-refractivity contribution in [1.29, 1.82) is 0 Å². The second-order valence-corrected chi connectivity index (χ2v) is 5.26. The summed E-state index contributed by atoms with van der Waals surface area (Å²) in [5, 5.41) is 9.63. The third kappa shape index (κ3) is 2.25. The fraction of sp³-hybridized carbons (Fsp3) is 0.188. The van der Waals surface area contributed by atoms with Crippen LogP contribution in [0, 0.1) is 0 Å². The van der Waals surface area contributed by atoms with Gasteiger partial charge in [0.15, 0.2) is 0 Å². The topological polar surface area (TPSA) is 40.5 Å². The molecule has 1 heterocycles. The van der Waals surface area contributed by atoms with E-state index < -0.39 is 0 Å². The molecule has 0 unspecified atom stereocenters. The van der Waals surface area contributed by atoms with Gasteiger partial charge in [-0.25, -0.2) is 0 Å². The summed E-state index contributed by atoms with van der Waals surface area (Å²) in [7, 11) is 0. The van der Waals surface area contributed by atoms with Crippen molar-refractivity contribution in [2.45, 2.75) is 12.8 Å². The van der Waals surface area contributed by atoms with Crippen molar-refractivity contribution in [2.24, 2.45) is 0 Å². The average molecular weight is 288 g/mol. The zero-order valence-electron chi connectivity index (χ0n) is 10.8. The largest absolute Gasteiger partial charge is 0.506 e. The Bertz CT molecular complexity index is 669. The standard InChI is InChI=1S/C16H14ClNO2/c17-13-10-12(7-8-15(13)19)16(20)18-9-3-5-11-4-1-2-6-14(11)18/h1-2,4,6-8,10,19H,3,5,9H2. The second kappa shape index (κ2) is 5.17. The van der Waals surface area contributed by atoms with Gasteiger partial charge >= 0.3 is 0 Å². The number of carbonyl (C=O) groups excluding carboxylic acids is 1. The number of nitrogens with zero attached hydrogens (tertiary/aromatic N) is 1. The summed E-state index contributed by atoms with van der Waals surface area (Å²) in [5.41, 5.74) is 2.65. The van der Waals surface area contributed by atoms with E-state index in [2.05, 4.69) is 6.07 Å². The molecule has 0 atom stereocenters. The van der Waals surface area contributed by atoms with Crippen LogP contribution in [0.3, 0.4) is 0 Å². The monoisotopic (exact) mass is 287 g/mol. The van der Waals surface area contributed by atoms with Crippen LogP contribution in [-0.2, 0) is 6.42 Å². The lowest BCUT2D eigenvalue weighted by molar-refractivity contribution is 0.0985. The van der Waals surface area contributed by atoms with E-state index in [-0.39, 0.29) is 16.7 Å². The Hall–Kier alpha value is -2.00. The number of phenols is 1. The van der Waals surface area contributed by atoms with E-state index in [9.17, 15) is 9.90 Å². The number of fused-ring (bicyclic) bond motifs is 1. The maximum atomic E-state index is 12.6. The van der Waals surface area contributed by atoms with Crippen LogP contribution in [0.4, 0.5) is 5.69 Å². The molecule has 0 aromatic heterocycles. The van der Waals surface area contributed by atoms with Crippen molar-refractivity contribution >= 4 is 23.2 Å². The Labute approximate surface area is 122 Å². The molecule has 0 saturated carbocycles. The fourth-order valence-corrected chi connectivity index (χ4v) is 2.72. The molecule has 0 spiro atoms. The van der Waals surface area contributed by atoms with Gasteiger partial charge in [0, 0.05) is 17.8 Å². The van der Waals surface area contributed by atoms with E-state index in [0.717, 1.165) is 18.5 Å². The molecule has 4 heteroatoms. The average Bonchev–Trinajstić information content (AvgIpc) is 2.49. The minimum absolute atomic E-state index is 0.0118. The first-order valence-electron chi connectivity index (χ1n) is 6.55. The summed E-state index contributed by atoms with van der Waals surface area (Å²) in [5.74, 6) is -0.0960. The van der Waals surface area contributed by atoms with Gasteiger partial charge in [0.25, 0.3) is 5.91 Å². The summed E-state index contributed by atoms with van der Waals surface area (Å²) in [6.07, 6.45) is 1.95. The minimum atomic E-state index is -0.0842. The normalized spacial score (nSPS) is 13.9. The summed E-state index contributed by atoms with van der Waals surface area (Å²) in [4.78, 5) is 14.4. The summed E-state index contributed by atoms with van der Waals surface area (Å²) >= 11 is 5.88. The first-order valence-corrected chi connectivity index (χ1v) is 6.93.